The highest BCUT2D eigenvalue weighted by Gasteiger charge is 2.19. The number of aryl methyl sites for hydroxylation is 1. The predicted molar refractivity (Wildman–Crippen MR) is 80.3 cm³/mol. The minimum absolute atomic E-state index is 0.0593. The number of nitrogens with one attached hydrogen (secondary N) is 1. The first-order valence-corrected chi connectivity index (χ1v) is 8.44. The second kappa shape index (κ2) is 5.48. The predicted octanol–water partition coefficient (Wildman–Crippen LogP) is 3.51. The van der Waals surface area contributed by atoms with Crippen LogP contribution in [0.4, 0.5) is 10.1 Å². The maximum atomic E-state index is 13.2. The van der Waals surface area contributed by atoms with Crippen molar-refractivity contribution in [3.63, 3.8) is 0 Å². The normalized spacial score (nSPS) is 14.5. The number of benzene rings is 2. The summed E-state index contributed by atoms with van der Waals surface area (Å²) in [5.74, 6) is -0.562. The van der Waals surface area contributed by atoms with Crippen LogP contribution in [0.3, 0.4) is 0 Å². The van der Waals surface area contributed by atoms with Gasteiger partial charge in [0.25, 0.3) is 10.0 Å². The number of hydrogen-bond donors (Lipinski definition) is 1. The molecule has 2 aromatic carbocycles. The van der Waals surface area contributed by atoms with E-state index in [0.717, 1.165) is 37.3 Å². The van der Waals surface area contributed by atoms with Gasteiger partial charge in [0, 0.05) is 0 Å². The van der Waals surface area contributed by atoms with E-state index in [1.54, 1.807) is 6.07 Å². The minimum Gasteiger partial charge on any atom is -0.279 e. The molecule has 1 N–H and O–H groups in total. The van der Waals surface area contributed by atoms with E-state index in [1.165, 1.54) is 23.8 Å². The van der Waals surface area contributed by atoms with Crippen molar-refractivity contribution in [3.05, 3.63) is 59.4 Å². The SMILES string of the molecule is O=S(=O)(Nc1cccc2c1CCCC2)c1cccc(F)c1. The largest absolute Gasteiger partial charge is 0.279 e. The van der Waals surface area contributed by atoms with Gasteiger partial charge in [-0.25, -0.2) is 12.8 Å². The molecule has 0 aliphatic heterocycles. The lowest BCUT2D eigenvalue weighted by Crippen LogP contribution is -2.16. The Kier molecular flexibility index (Phi) is 3.68. The van der Waals surface area contributed by atoms with Gasteiger partial charge in [-0.05, 0) is 61.1 Å². The maximum Gasteiger partial charge on any atom is 0.262 e. The van der Waals surface area contributed by atoms with Crippen LogP contribution in [0.5, 0.6) is 0 Å². The third kappa shape index (κ3) is 2.93. The van der Waals surface area contributed by atoms with Crippen molar-refractivity contribution in [2.45, 2.75) is 30.6 Å². The first-order valence-electron chi connectivity index (χ1n) is 6.95. The van der Waals surface area contributed by atoms with Gasteiger partial charge in [-0.15, -0.1) is 0 Å². The topological polar surface area (TPSA) is 46.2 Å². The number of fused-ring (bicyclic) bond motifs is 1. The maximum absolute atomic E-state index is 13.2. The summed E-state index contributed by atoms with van der Waals surface area (Å²) in [4.78, 5) is -0.0593. The highest BCUT2D eigenvalue weighted by Crippen LogP contribution is 2.29. The third-order valence-corrected chi connectivity index (χ3v) is 5.11. The van der Waals surface area contributed by atoms with Gasteiger partial charge in [0.15, 0.2) is 0 Å². The fourth-order valence-electron chi connectivity index (χ4n) is 2.71. The lowest BCUT2D eigenvalue weighted by Gasteiger charge is -2.20. The van der Waals surface area contributed by atoms with Crippen LogP contribution < -0.4 is 4.72 Å². The fourth-order valence-corrected chi connectivity index (χ4v) is 3.84. The lowest BCUT2D eigenvalue weighted by molar-refractivity contribution is 0.595. The summed E-state index contributed by atoms with van der Waals surface area (Å²) >= 11 is 0. The van der Waals surface area contributed by atoms with E-state index in [-0.39, 0.29) is 4.90 Å². The zero-order chi connectivity index (χ0) is 14.9. The molecule has 0 radical (unpaired) electrons. The molecule has 0 aromatic heterocycles. The van der Waals surface area contributed by atoms with Crippen LogP contribution in [0.15, 0.2) is 47.4 Å². The average molecular weight is 305 g/mol. The molecule has 3 rings (SSSR count). The molecule has 0 fully saturated rings. The lowest BCUT2D eigenvalue weighted by atomic mass is 9.91. The summed E-state index contributed by atoms with van der Waals surface area (Å²) in [5.41, 5.74) is 2.86. The Hall–Kier alpha value is -1.88. The first-order chi connectivity index (χ1) is 10.1. The number of halogens is 1. The van der Waals surface area contributed by atoms with Gasteiger partial charge in [-0.2, -0.15) is 0 Å². The second-order valence-electron chi connectivity index (χ2n) is 5.21. The standard InChI is InChI=1S/C16H16FNO2S/c17-13-7-4-8-14(11-13)21(19,20)18-16-10-3-6-12-5-1-2-9-15(12)16/h3-4,6-8,10-11,18H,1-2,5,9H2. The summed E-state index contributed by atoms with van der Waals surface area (Å²) in [6, 6.07) is 10.7. The van der Waals surface area contributed by atoms with Crippen LogP contribution in [0.25, 0.3) is 0 Å². The van der Waals surface area contributed by atoms with Crippen molar-refractivity contribution < 1.29 is 12.8 Å². The van der Waals surface area contributed by atoms with Crippen LogP contribution >= 0.6 is 0 Å². The molecular weight excluding hydrogens is 289 g/mol. The van der Waals surface area contributed by atoms with Crippen molar-refractivity contribution in [3.8, 4) is 0 Å². The van der Waals surface area contributed by atoms with E-state index in [9.17, 15) is 12.8 Å². The summed E-state index contributed by atoms with van der Waals surface area (Å²) in [6.45, 7) is 0. The van der Waals surface area contributed by atoms with E-state index in [1.807, 2.05) is 12.1 Å². The molecule has 1 aliphatic rings. The van der Waals surface area contributed by atoms with Crippen LogP contribution in [0.1, 0.15) is 24.0 Å². The quantitative estimate of drug-likeness (QED) is 0.943. The average Bonchev–Trinajstić information content (AvgIpc) is 2.47. The molecule has 0 amide bonds. The summed E-state index contributed by atoms with van der Waals surface area (Å²) < 4.78 is 40.5. The Labute approximate surface area is 123 Å². The van der Waals surface area contributed by atoms with E-state index in [4.69, 9.17) is 0 Å². The molecule has 0 saturated carbocycles. The minimum atomic E-state index is -3.76. The Balaban J connectivity index is 1.96. The molecule has 0 spiro atoms. The van der Waals surface area contributed by atoms with Crippen molar-refractivity contribution in [2.75, 3.05) is 4.72 Å². The zero-order valence-electron chi connectivity index (χ0n) is 11.5. The molecule has 2 aromatic rings. The van der Waals surface area contributed by atoms with Crippen LogP contribution in [-0.2, 0) is 22.9 Å². The molecule has 0 heterocycles. The van der Waals surface area contributed by atoms with Crippen LogP contribution in [0.2, 0.25) is 0 Å². The van der Waals surface area contributed by atoms with Gasteiger partial charge in [0.05, 0.1) is 10.6 Å². The Morgan fingerprint density at radius 2 is 1.76 bits per heavy atom. The molecule has 5 heteroatoms. The molecule has 3 nitrogen and oxygen atoms in total. The summed E-state index contributed by atoms with van der Waals surface area (Å²) in [7, 11) is -3.76. The molecule has 0 saturated heterocycles. The molecule has 110 valence electrons. The summed E-state index contributed by atoms with van der Waals surface area (Å²) in [6.07, 6.45) is 4.04. The first kappa shape index (κ1) is 14.1. The van der Waals surface area contributed by atoms with Gasteiger partial charge in [-0.3, -0.25) is 4.72 Å². The number of sulfonamides is 1. The third-order valence-electron chi connectivity index (χ3n) is 3.75. The molecule has 0 bridgehead atoms. The highest BCUT2D eigenvalue weighted by molar-refractivity contribution is 7.92. The van der Waals surface area contributed by atoms with E-state index in [0.29, 0.717) is 5.69 Å². The van der Waals surface area contributed by atoms with Gasteiger partial charge in [-0.1, -0.05) is 18.2 Å². The monoisotopic (exact) mass is 305 g/mol. The molecule has 1 aliphatic carbocycles. The van der Waals surface area contributed by atoms with Crippen molar-refractivity contribution in [1.29, 1.82) is 0 Å². The van der Waals surface area contributed by atoms with Gasteiger partial charge >= 0.3 is 0 Å². The smallest absolute Gasteiger partial charge is 0.262 e. The number of hydrogen-bond acceptors (Lipinski definition) is 2. The molecule has 21 heavy (non-hydrogen) atoms. The van der Waals surface area contributed by atoms with Gasteiger partial charge in [0.1, 0.15) is 5.82 Å². The van der Waals surface area contributed by atoms with Crippen molar-refractivity contribution in [2.24, 2.45) is 0 Å². The van der Waals surface area contributed by atoms with Gasteiger partial charge in [0.2, 0.25) is 0 Å². The molecule has 0 unspecified atom stereocenters. The van der Waals surface area contributed by atoms with E-state index < -0.39 is 15.8 Å². The van der Waals surface area contributed by atoms with E-state index >= 15 is 0 Å². The Morgan fingerprint density at radius 1 is 1.00 bits per heavy atom. The highest BCUT2D eigenvalue weighted by atomic mass is 32.2. The second-order valence-corrected chi connectivity index (χ2v) is 6.90. The van der Waals surface area contributed by atoms with Gasteiger partial charge < -0.3 is 0 Å². The zero-order valence-corrected chi connectivity index (χ0v) is 12.3. The van der Waals surface area contributed by atoms with Crippen molar-refractivity contribution >= 4 is 15.7 Å². The summed E-state index contributed by atoms with van der Waals surface area (Å²) in [5, 5.41) is 0. The van der Waals surface area contributed by atoms with E-state index in [2.05, 4.69) is 4.72 Å². The van der Waals surface area contributed by atoms with Crippen LogP contribution in [0, 0.1) is 5.82 Å². The Bertz CT molecular complexity index is 772. The fraction of sp³-hybridized carbons (Fsp3) is 0.250. The molecule has 0 atom stereocenters. The van der Waals surface area contributed by atoms with Crippen LogP contribution in [-0.4, -0.2) is 8.42 Å². The number of rotatable bonds is 3. The molecular formula is C16H16FNO2S. The Morgan fingerprint density at radius 3 is 2.57 bits per heavy atom. The number of anilines is 1. The van der Waals surface area contributed by atoms with Crippen molar-refractivity contribution in [1.82, 2.24) is 0 Å².